The van der Waals surface area contributed by atoms with Gasteiger partial charge < -0.3 is 19.4 Å². The zero-order chi connectivity index (χ0) is 16.8. The Kier molecular flexibility index (Phi) is 5.76. The van der Waals surface area contributed by atoms with Gasteiger partial charge in [-0.3, -0.25) is 4.79 Å². The number of fused-ring (bicyclic) bond motifs is 1. The molecule has 0 aliphatic rings. The lowest BCUT2D eigenvalue weighted by Crippen LogP contribution is -3.11. The van der Waals surface area contributed by atoms with Gasteiger partial charge in [-0.25, -0.2) is 4.79 Å². The van der Waals surface area contributed by atoms with E-state index in [2.05, 4.69) is 5.32 Å². The minimum atomic E-state index is -0.394. The highest BCUT2D eigenvalue weighted by Gasteiger charge is 2.16. The quantitative estimate of drug-likeness (QED) is 0.722. The summed E-state index contributed by atoms with van der Waals surface area (Å²) in [6, 6.07) is 6.92. The molecule has 0 spiro atoms. The fourth-order valence-corrected chi connectivity index (χ4v) is 2.55. The minimum Gasteiger partial charge on any atom is -0.497 e. The Hall–Kier alpha value is -2.34. The molecule has 2 rings (SSSR count). The molecule has 2 N–H and O–H groups in total. The van der Waals surface area contributed by atoms with Gasteiger partial charge in [-0.1, -0.05) is 0 Å². The topological polar surface area (TPSA) is 73.0 Å². The van der Waals surface area contributed by atoms with Crippen LogP contribution in [0.4, 0.5) is 0 Å². The van der Waals surface area contributed by atoms with Crippen LogP contribution < -0.4 is 20.6 Å². The first-order chi connectivity index (χ1) is 11.1. The van der Waals surface area contributed by atoms with Crippen molar-refractivity contribution < 1.29 is 18.8 Å². The van der Waals surface area contributed by atoms with E-state index in [4.69, 9.17) is 9.15 Å². The molecule has 0 radical (unpaired) electrons. The highest BCUT2D eigenvalue weighted by atomic mass is 16.5. The monoisotopic (exact) mass is 319 g/mol. The van der Waals surface area contributed by atoms with Gasteiger partial charge in [0.15, 0.2) is 6.54 Å². The molecule has 0 aliphatic heterocycles. The van der Waals surface area contributed by atoms with Crippen molar-refractivity contribution in [3.8, 4) is 5.75 Å². The molecular formula is C17H23N2O4+. The molecule has 0 fully saturated rings. The second-order valence-electron chi connectivity index (χ2n) is 5.36. The van der Waals surface area contributed by atoms with E-state index in [0.29, 0.717) is 31.0 Å². The number of carbonyl (C=O) groups is 1. The number of methoxy groups -OCH3 is 1. The molecule has 2 aromatic rings. The summed E-state index contributed by atoms with van der Waals surface area (Å²) < 4.78 is 10.4. The predicted molar refractivity (Wildman–Crippen MR) is 87.8 cm³/mol. The minimum absolute atomic E-state index is 0.0123. The molecule has 1 unspecified atom stereocenters. The molecule has 6 heteroatoms. The Bertz CT molecular complexity index is 739. The molecule has 124 valence electrons. The van der Waals surface area contributed by atoms with E-state index in [9.17, 15) is 9.59 Å². The van der Waals surface area contributed by atoms with Gasteiger partial charge in [-0.15, -0.1) is 0 Å². The Morgan fingerprint density at radius 2 is 2.09 bits per heavy atom. The smallest absolute Gasteiger partial charge is 0.336 e. The van der Waals surface area contributed by atoms with Crippen molar-refractivity contribution in [1.29, 1.82) is 0 Å². The largest absolute Gasteiger partial charge is 0.497 e. The van der Waals surface area contributed by atoms with Crippen molar-refractivity contribution in [3.63, 3.8) is 0 Å². The lowest BCUT2D eigenvalue weighted by molar-refractivity contribution is -0.904. The average molecular weight is 319 g/mol. The number of hydrogen-bond donors (Lipinski definition) is 2. The molecule has 0 saturated carbocycles. The molecule has 0 aliphatic carbocycles. The normalized spacial score (nSPS) is 12.1. The fraction of sp³-hybridized carbons (Fsp3) is 0.412. The van der Waals surface area contributed by atoms with Crippen LogP contribution in [-0.2, 0) is 11.3 Å². The molecule has 0 bridgehead atoms. The number of amides is 1. The first-order valence-corrected chi connectivity index (χ1v) is 7.78. The maximum absolute atomic E-state index is 11.8. The van der Waals surface area contributed by atoms with Gasteiger partial charge >= 0.3 is 5.63 Å². The lowest BCUT2D eigenvalue weighted by atomic mass is 10.1. The summed E-state index contributed by atoms with van der Waals surface area (Å²) in [5.74, 6) is 0.651. The summed E-state index contributed by atoms with van der Waals surface area (Å²) in [6.07, 6.45) is 0. The van der Waals surface area contributed by atoms with Crippen molar-refractivity contribution in [2.75, 3.05) is 26.7 Å². The van der Waals surface area contributed by atoms with Crippen molar-refractivity contribution in [2.45, 2.75) is 20.4 Å². The summed E-state index contributed by atoms with van der Waals surface area (Å²) in [7, 11) is 1.57. The number of carbonyl (C=O) groups excluding carboxylic acids is 1. The van der Waals surface area contributed by atoms with E-state index >= 15 is 0 Å². The third-order valence-corrected chi connectivity index (χ3v) is 3.76. The highest BCUT2D eigenvalue weighted by molar-refractivity contribution is 5.81. The van der Waals surface area contributed by atoms with Crippen LogP contribution in [0.2, 0.25) is 0 Å². The van der Waals surface area contributed by atoms with E-state index < -0.39 is 5.63 Å². The van der Waals surface area contributed by atoms with Crippen LogP contribution >= 0.6 is 0 Å². The van der Waals surface area contributed by atoms with Crippen LogP contribution in [0.15, 0.2) is 33.5 Å². The molecular weight excluding hydrogens is 296 g/mol. The molecule has 1 aromatic heterocycles. The SMILES string of the molecule is CCNC(=O)C[NH+](CC)Cc1cc(=O)oc2cc(OC)ccc12. The van der Waals surface area contributed by atoms with Gasteiger partial charge in [0.2, 0.25) is 0 Å². The number of nitrogens with one attached hydrogen (secondary N) is 2. The first kappa shape index (κ1) is 17.0. The molecule has 1 atom stereocenters. The van der Waals surface area contributed by atoms with E-state index in [1.807, 2.05) is 26.0 Å². The third kappa shape index (κ3) is 4.32. The summed E-state index contributed by atoms with van der Waals surface area (Å²) >= 11 is 0. The van der Waals surface area contributed by atoms with E-state index in [0.717, 1.165) is 22.4 Å². The molecule has 0 saturated heterocycles. The second kappa shape index (κ2) is 7.78. The number of ether oxygens (including phenoxy) is 1. The summed E-state index contributed by atoms with van der Waals surface area (Å²) in [5.41, 5.74) is 0.981. The van der Waals surface area contributed by atoms with Gasteiger partial charge in [0.05, 0.1) is 13.7 Å². The summed E-state index contributed by atoms with van der Waals surface area (Å²) in [5, 5.41) is 3.67. The second-order valence-corrected chi connectivity index (χ2v) is 5.36. The number of benzene rings is 1. The zero-order valence-electron chi connectivity index (χ0n) is 13.8. The van der Waals surface area contributed by atoms with Crippen molar-refractivity contribution in [3.05, 3.63) is 40.2 Å². The van der Waals surface area contributed by atoms with Gasteiger partial charge in [0, 0.05) is 29.6 Å². The van der Waals surface area contributed by atoms with Crippen molar-refractivity contribution in [1.82, 2.24) is 5.32 Å². The Labute approximate surface area is 135 Å². The molecule has 1 heterocycles. The van der Waals surface area contributed by atoms with E-state index in [1.165, 1.54) is 6.07 Å². The molecule has 23 heavy (non-hydrogen) atoms. The third-order valence-electron chi connectivity index (χ3n) is 3.76. The number of likely N-dealkylation sites (N-methyl/N-ethyl adjacent to an activating group) is 2. The lowest BCUT2D eigenvalue weighted by Gasteiger charge is -2.17. The Morgan fingerprint density at radius 3 is 2.74 bits per heavy atom. The van der Waals surface area contributed by atoms with Gasteiger partial charge in [-0.2, -0.15) is 0 Å². The maximum Gasteiger partial charge on any atom is 0.336 e. The van der Waals surface area contributed by atoms with Crippen LogP contribution in [-0.4, -0.2) is 32.7 Å². The van der Waals surface area contributed by atoms with Gasteiger partial charge in [0.25, 0.3) is 5.91 Å². The maximum atomic E-state index is 11.8. The standard InChI is InChI=1S/C17H22N2O4/c1-4-18-16(20)11-19(5-2)10-12-8-17(21)23-15-9-13(22-3)6-7-14(12)15/h6-9H,4-5,10-11H2,1-3H3,(H,18,20)/p+1. The van der Waals surface area contributed by atoms with Crippen LogP contribution in [0, 0.1) is 0 Å². The van der Waals surface area contributed by atoms with Crippen molar-refractivity contribution >= 4 is 16.9 Å². The van der Waals surface area contributed by atoms with Crippen LogP contribution in [0.25, 0.3) is 11.0 Å². The van der Waals surface area contributed by atoms with Gasteiger partial charge in [0.1, 0.15) is 17.9 Å². The van der Waals surface area contributed by atoms with Crippen LogP contribution in [0.1, 0.15) is 19.4 Å². The first-order valence-electron chi connectivity index (χ1n) is 7.78. The average Bonchev–Trinajstić information content (AvgIpc) is 2.53. The van der Waals surface area contributed by atoms with Crippen LogP contribution in [0.3, 0.4) is 0 Å². The van der Waals surface area contributed by atoms with Gasteiger partial charge in [-0.05, 0) is 26.0 Å². The summed E-state index contributed by atoms with van der Waals surface area (Å²) in [6.45, 7) is 6.28. The molecule has 6 nitrogen and oxygen atoms in total. The zero-order valence-corrected chi connectivity index (χ0v) is 13.8. The molecule has 1 amide bonds. The summed E-state index contributed by atoms with van der Waals surface area (Å²) in [4.78, 5) is 24.7. The number of rotatable bonds is 7. The Morgan fingerprint density at radius 1 is 1.30 bits per heavy atom. The van der Waals surface area contributed by atoms with E-state index in [-0.39, 0.29) is 5.91 Å². The number of quaternary nitrogens is 1. The van der Waals surface area contributed by atoms with Crippen molar-refractivity contribution in [2.24, 2.45) is 0 Å². The number of hydrogen-bond acceptors (Lipinski definition) is 4. The highest BCUT2D eigenvalue weighted by Crippen LogP contribution is 2.22. The van der Waals surface area contributed by atoms with E-state index in [1.54, 1.807) is 13.2 Å². The molecule has 1 aromatic carbocycles. The predicted octanol–water partition coefficient (Wildman–Crippen LogP) is 0.343. The Balaban J connectivity index is 2.30. The van der Waals surface area contributed by atoms with Crippen LogP contribution in [0.5, 0.6) is 5.75 Å². The fourth-order valence-electron chi connectivity index (χ4n) is 2.55.